The van der Waals surface area contributed by atoms with E-state index in [1.54, 1.807) is 11.3 Å². The van der Waals surface area contributed by atoms with Crippen molar-refractivity contribution in [2.45, 2.75) is 39.7 Å². The first kappa shape index (κ1) is 16.1. The Morgan fingerprint density at radius 1 is 1.29 bits per heavy atom. The summed E-state index contributed by atoms with van der Waals surface area (Å²) in [5.41, 5.74) is 2.45. The zero-order valence-electron chi connectivity index (χ0n) is 12.4. The number of anilines is 1. The van der Waals surface area contributed by atoms with E-state index >= 15 is 0 Å². The Labute approximate surface area is 136 Å². The molecule has 0 saturated heterocycles. The summed E-state index contributed by atoms with van der Waals surface area (Å²) in [6.45, 7) is 5.78. The Bertz CT molecular complexity index is 589. The van der Waals surface area contributed by atoms with Gasteiger partial charge in [0.15, 0.2) is 0 Å². The number of thiazole rings is 1. The van der Waals surface area contributed by atoms with Crippen LogP contribution >= 0.6 is 23.7 Å². The highest BCUT2D eigenvalue weighted by Crippen LogP contribution is 2.28. The summed E-state index contributed by atoms with van der Waals surface area (Å²) < 4.78 is 5.91. The van der Waals surface area contributed by atoms with Gasteiger partial charge in [0.25, 0.3) is 0 Å². The minimum absolute atomic E-state index is 0. The van der Waals surface area contributed by atoms with Crippen LogP contribution in [0.2, 0.25) is 0 Å². The van der Waals surface area contributed by atoms with Crippen molar-refractivity contribution < 1.29 is 4.74 Å². The third-order valence-corrected chi connectivity index (χ3v) is 4.63. The number of hydrogen-bond donors (Lipinski definition) is 1. The first-order valence-corrected chi connectivity index (χ1v) is 7.96. The smallest absolute Gasteiger partial charge is 0.140 e. The number of benzene rings is 1. The fraction of sp³-hybridized carbons (Fsp3) is 0.438. The topological polar surface area (TPSA) is 34.1 Å². The summed E-state index contributed by atoms with van der Waals surface area (Å²) in [6, 6.07) is 6.27. The van der Waals surface area contributed by atoms with E-state index < -0.39 is 0 Å². The Morgan fingerprint density at radius 2 is 2.14 bits per heavy atom. The molecule has 1 aliphatic rings. The van der Waals surface area contributed by atoms with E-state index in [9.17, 15) is 0 Å². The molecular formula is C16H21ClN2OS. The molecule has 5 heteroatoms. The van der Waals surface area contributed by atoms with Crippen LogP contribution in [0.15, 0.2) is 18.2 Å². The van der Waals surface area contributed by atoms with Gasteiger partial charge in [0.05, 0.1) is 0 Å². The largest absolute Gasteiger partial charge is 0.486 e. The van der Waals surface area contributed by atoms with Gasteiger partial charge in [0.2, 0.25) is 0 Å². The van der Waals surface area contributed by atoms with E-state index in [1.807, 2.05) is 6.07 Å². The van der Waals surface area contributed by atoms with Gasteiger partial charge in [-0.2, -0.15) is 0 Å². The second kappa shape index (κ2) is 7.14. The SMILES string of the molecule is Cc1ccc(OCc2nc3c(s2)CCCCN3)c(C)c1.Cl. The fourth-order valence-electron chi connectivity index (χ4n) is 2.49. The third-order valence-electron chi connectivity index (χ3n) is 3.55. The van der Waals surface area contributed by atoms with Gasteiger partial charge in [0.1, 0.15) is 23.2 Å². The van der Waals surface area contributed by atoms with Gasteiger partial charge in [0, 0.05) is 11.4 Å². The van der Waals surface area contributed by atoms with Crippen molar-refractivity contribution in [3.63, 3.8) is 0 Å². The molecule has 3 nitrogen and oxygen atoms in total. The molecule has 1 N–H and O–H groups in total. The summed E-state index contributed by atoms with van der Waals surface area (Å²) in [4.78, 5) is 6.03. The number of halogens is 1. The zero-order valence-corrected chi connectivity index (χ0v) is 14.1. The molecule has 0 bridgehead atoms. The lowest BCUT2D eigenvalue weighted by Gasteiger charge is -2.08. The summed E-state index contributed by atoms with van der Waals surface area (Å²) in [6.07, 6.45) is 3.63. The summed E-state index contributed by atoms with van der Waals surface area (Å²) in [5.74, 6) is 2.03. The average molecular weight is 325 g/mol. The molecule has 3 rings (SSSR count). The molecule has 0 atom stereocenters. The first-order valence-electron chi connectivity index (χ1n) is 7.15. The highest BCUT2D eigenvalue weighted by atomic mass is 35.5. The van der Waals surface area contributed by atoms with E-state index in [0.29, 0.717) is 6.61 Å². The number of rotatable bonds is 3. The molecule has 0 aliphatic carbocycles. The van der Waals surface area contributed by atoms with Gasteiger partial charge in [-0.25, -0.2) is 4.98 Å². The molecule has 0 radical (unpaired) electrons. The Balaban J connectivity index is 0.00000161. The van der Waals surface area contributed by atoms with Crippen LogP contribution in [0.3, 0.4) is 0 Å². The lowest BCUT2D eigenvalue weighted by Crippen LogP contribution is -2.01. The lowest BCUT2D eigenvalue weighted by atomic mass is 10.1. The van der Waals surface area contributed by atoms with Crippen LogP contribution in [0.4, 0.5) is 5.82 Å². The molecule has 0 amide bonds. The van der Waals surface area contributed by atoms with E-state index in [4.69, 9.17) is 4.74 Å². The predicted octanol–water partition coefficient (Wildman–Crippen LogP) is 4.51. The Hall–Kier alpha value is -1.26. The third kappa shape index (κ3) is 3.89. The number of fused-ring (bicyclic) bond motifs is 1. The van der Waals surface area contributed by atoms with Crippen LogP contribution in [0.1, 0.15) is 33.9 Å². The normalized spacial score (nSPS) is 13.6. The lowest BCUT2D eigenvalue weighted by molar-refractivity contribution is 0.303. The maximum atomic E-state index is 5.91. The summed E-state index contributed by atoms with van der Waals surface area (Å²) in [5, 5.41) is 4.47. The maximum absolute atomic E-state index is 5.91. The highest BCUT2D eigenvalue weighted by molar-refractivity contribution is 7.12. The molecule has 21 heavy (non-hydrogen) atoms. The van der Waals surface area contributed by atoms with Crippen LogP contribution < -0.4 is 10.1 Å². The predicted molar refractivity (Wildman–Crippen MR) is 91.0 cm³/mol. The second-order valence-electron chi connectivity index (χ2n) is 5.32. The van der Waals surface area contributed by atoms with Gasteiger partial charge in [-0.05, 0) is 44.7 Å². The minimum Gasteiger partial charge on any atom is -0.486 e. The van der Waals surface area contributed by atoms with Crippen LogP contribution in [-0.4, -0.2) is 11.5 Å². The first-order chi connectivity index (χ1) is 9.72. The monoisotopic (exact) mass is 324 g/mol. The summed E-state index contributed by atoms with van der Waals surface area (Å²) >= 11 is 1.78. The number of ether oxygens (including phenoxy) is 1. The quantitative estimate of drug-likeness (QED) is 0.902. The van der Waals surface area contributed by atoms with Gasteiger partial charge in [-0.1, -0.05) is 17.7 Å². The van der Waals surface area contributed by atoms with E-state index in [0.717, 1.165) is 29.5 Å². The Morgan fingerprint density at radius 3 is 2.95 bits per heavy atom. The Kier molecular flexibility index (Phi) is 5.48. The number of nitrogens with zero attached hydrogens (tertiary/aromatic N) is 1. The zero-order chi connectivity index (χ0) is 13.9. The maximum Gasteiger partial charge on any atom is 0.140 e. The molecular weight excluding hydrogens is 304 g/mol. The number of aryl methyl sites for hydroxylation is 3. The molecule has 0 spiro atoms. The molecule has 1 aromatic heterocycles. The van der Waals surface area contributed by atoms with Crippen molar-refractivity contribution in [2.24, 2.45) is 0 Å². The molecule has 0 unspecified atom stereocenters. The fourth-order valence-corrected chi connectivity index (χ4v) is 3.49. The standard InChI is InChI=1S/C16H20N2OS.ClH/c1-11-6-7-13(12(2)9-11)19-10-15-18-16-14(20-15)5-3-4-8-17-16;/h6-7,9,17H,3-5,8,10H2,1-2H3;1H. The van der Waals surface area contributed by atoms with Gasteiger partial charge in [-0.15, -0.1) is 23.7 Å². The van der Waals surface area contributed by atoms with Crippen LogP contribution in [0.25, 0.3) is 0 Å². The van der Waals surface area contributed by atoms with Gasteiger partial charge < -0.3 is 10.1 Å². The number of hydrogen-bond acceptors (Lipinski definition) is 4. The van der Waals surface area contributed by atoms with E-state index in [2.05, 4.69) is 36.3 Å². The van der Waals surface area contributed by atoms with Crippen LogP contribution in [-0.2, 0) is 13.0 Å². The van der Waals surface area contributed by atoms with Crippen molar-refractivity contribution in [3.8, 4) is 5.75 Å². The second-order valence-corrected chi connectivity index (χ2v) is 6.49. The number of nitrogens with one attached hydrogen (secondary N) is 1. The van der Waals surface area contributed by atoms with Crippen LogP contribution in [0.5, 0.6) is 5.75 Å². The van der Waals surface area contributed by atoms with Crippen molar-refractivity contribution >= 4 is 29.6 Å². The van der Waals surface area contributed by atoms with Gasteiger partial charge in [-0.3, -0.25) is 0 Å². The molecule has 0 fully saturated rings. The molecule has 0 saturated carbocycles. The van der Waals surface area contributed by atoms with Gasteiger partial charge >= 0.3 is 0 Å². The molecule has 2 aromatic rings. The number of aromatic nitrogens is 1. The van der Waals surface area contributed by atoms with Crippen LogP contribution in [0, 0.1) is 13.8 Å². The van der Waals surface area contributed by atoms with Crippen molar-refractivity contribution in [2.75, 3.05) is 11.9 Å². The molecule has 2 heterocycles. The molecule has 114 valence electrons. The highest BCUT2D eigenvalue weighted by Gasteiger charge is 2.14. The summed E-state index contributed by atoms with van der Waals surface area (Å²) in [7, 11) is 0. The molecule has 1 aliphatic heterocycles. The van der Waals surface area contributed by atoms with E-state index in [1.165, 1.54) is 28.8 Å². The molecule has 1 aromatic carbocycles. The van der Waals surface area contributed by atoms with Crippen molar-refractivity contribution in [3.05, 3.63) is 39.2 Å². The van der Waals surface area contributed by atoms with Crippen molar-refractivity contribution in [1.82, 2.24) is 4.98 Å². The van der Waals surface area contributed by atoms with Crippen molar-refractivity contribution in [1.29, 1.82) is 0 Å². The van der Waals surface area contributed by atoms with E-state index in [-0.39, 0.29) is 12.4 Å². The minimum atomic E-state index is 0. The average Bonchev–Trinajstić information content (AvgIpc) is 2.68.